The topological polar surface area (TPSA) is 59.1 Å². The molecular formula is C9H18N2O. The summed E-state index contributed by atoms with van der Waals surface area (Å²) >= 11 is 0. The summed E-state index contributed by atoms with van der Waals surface area (Å²) in [5.41, 5.74) is 5.17. The van der Waals surface area contributed by atoms with Crippen LogP contribution < -0.4 is 5.73 Å². The second kappa shape index (κ2) is 5.14. The van der Waals surface area contributed by atoms with E-state index in [0.29, 0.717) is 6.61 Å². The Kier molecular flexibility index (Phi) is 4.08. The number of nitrogens with two attached hydrogens (primary N) is 1. The molecule has 3 N–H and O–H groups in total. The van der Waals surface area contributed by atoms with Crippen molar-refractivity contribution < 1.29 is 4.74 Å². The number of amidine groups is 1. The fourth-order valence-electron chi connectivity index (χ4n) is 1.69. The summed E-state index contributed by atoms with van der Waals surface area (Å²) in [5.74, 6) is 0.851. The molecule has 0 atom stereocenters. The number of ether oxygens (including phenoxy) is 1. The molecule has 0 radical (unpaired) electrons. The zero-order valence-electron chi connectivity index (χ0n) is 7.51. The van der Waals surface area contributed by atoms with E-state index in [4.69, 9.17) is 15.9 Å². The molecule has 3 nitrogen and oxygen atoms in total. The molecule has 1 aliphatic rings. The van der Waals surface area contributed by atoms with Gasteiger partial charge in [0.1, 0.15) is 12.4 Å². The summed E-state index contributed by atoms with van der Waals surface area (Å²) in [5, 5.41) is 6.96. The van der Waals surface area contributed by atoms with E-state index >= 15 is 0 Å². The third-order valence-corrected chi connectivity index (χ3v) is 2.34. The molecule has 0 heterocycles. The first-order chi connectivity index (χ1) is 5.79. The lowest BCUT2D eigenvalue weighted by molar-refractivity contribution is 0.112. The van der Waals surface area contributed by atoms with E-state index in [1.807, 2.05) is 0 Å². The number of nitrogens with one attached hydrogen (secondary N) is 1. The third kappa shape index (κ3) is 3.72. The molecule has 0 amide bonds. The summed E-state index contributed by atoms with van der Waals surface area (Å²) in [6.07, 6.45) is 6.64. The van der Waals surface area contributed by atoms with Crippen molar-refractivity contribution in [3.63, 3.8) is 0 Å². The fraction of sp³-hybridized carbons (Fsp3) is 0.889. The molecule has 3 heteroatoms. The largest absolute Gasteiger partial charge is 0.386 e. The highest BCUT2D eigenvalue weighted by Gasteiger charge is 2.12. The molecule has 1 rings (SSSR count). The molecule has 1 saturated carbocycles. The fourth-order valence-corrected chi connectivity index (χ4v) is 1.69. The van der Waals surface area contributed by atoms with E-state index < -0.39 is 0 Å². The summed E-state index contributed by atoms with van der Waals surface area (Å²) in [6.45, 7) is 1.09. The van der Waals surface area contributed by atoms with Gasteiger partial charge in [-0.15, -0.1) is 0 Å². The van der Waals surface area contributed by atoms with Gasteiger partial charge in [0, 0.05) is 6.61 Å². The van der Waals surface area contributed by atoms with Crippen molar-refractivity contribution in [2.24, 2.45) is 11.7 Å². The van der Waals surface area contributed by atoms with Gasteiger partial charge in [-0.2, -0.15) is 0 Å². The van der Waals surface area contributed by atoms with Gasteiger partial charge >= 0.3 is 0 Å². The lowest BCUT2D eigenvalue weighted by Gasteiger charge is -2.20. The van der Waals surface area contributed by atoms with Gasteiger partial charge in [0.25, 0.3) is 0 Å². The van der Waals surface area contributed by atoms with Gasteiger partial charge in [0.15, 0.2) is 0 Å². The summed E-state index contributed by atoms with van der Waals surface area (Å²) < 4.78 is 5.28. The Morgan fingerprint density at radius 3 is 2.58 bits per heavy atom. The summed E-state index contributed by atoms with van der Waals surface area (Å²) in [6, 6.07) is 0. The highest BCUT2D eigenvalue weighted by molar-refractivity contribution is 5.78. The van der Waals surface area contributed by atoms with Gasteiger partial charge in [-0.1, -0.05) is 19.3 Å². The zero-order chi connectivity index (χ0) is 8.81. The molecule has 0 aromatic rings. The Labute approximate surface area is 73.8 Å². The molecule has 0 aromatic heterocycles. The highest BCUT2D eigenvalue weighted by atomic mass is 16.5. The Morgan fingerprint density at radius 1 is 1.33 bits per heavy atom. The van der Waals surface area contributed by atoms with Crippen LogP contribution in [0, 0.1) is 11.3 Å². The Hall–Kier alpha value is -0.570. The zero-order valence-corrected chi connectivity index (χ0v) is 7.51. The maximum Gasteiger partial charge on any atom is 0.117 e. The quantitative estimate of drug-likeness (QED) is 0.496. The smallest absolute Gasteiger partial charge is 0.117 e. The summed E-state index contributed by atoms with van der Waals surface area (Å²) in [4.78, 5) is 0. The predicted octanol–water partition coefficient (Wildman–Crippen LogP) is 1.52. The van der Waals surface area contributed by atoms with Gasteiger partial charge in [-0.3, -0.25) is 5.41 Å². The first-order valence-electron chi connectivity index (χ1n) is 4.69. The van der Waals surface area contributed by atoms with Crippen LogP contribution in [0.3, 0.4) is 0 Å². The lowest BCUT2D eigenvalue weighted by atomic mass is 9.90. The van der Waals surface area contributed by atoms with Gasteiger partial charge < -0.3 is 10.5 Å². The average Bonchev–Trinajstić information content (AvgIpc) is 2.05. The molecule has 1 aliphatic carbocycles. The molecular weight excluding hydrogens is 152 g/mol. The second-order valence-corrected chi connectivity index (χ2v) is 3.54. The van der Waals surface area contributed by atoms with E-state index in [-0.39, 0.29) is 5.84 Å². The molecule has 1 fully saturated rings. The highest BCUT2D eigenvalue weighted by Crippen LogP contribution is 2.23. The monoisotopic (exact) mass is 170 g/mol. The molecule has 0 aromatic carbocycles. The van der Waals surface area contributed by atoms with E-state index in [1.165, 1.54) is 32.1 Å². The normalized spacial score (nSPS) is 19.3. The standard InChI is InChI=1S/C9H18N2O/c10-9(11)7-12-6-8-4-2-1-3-5-8/h8H,1-7H2,(H3,10,11). The van der Waals surface area contributed by atoms with Gasteiger partial charge in [-0.05, 0) is 18.8 Å². The van der Waals surface area contributed by atoms with Gasteiger partial charge in [0.2, 0.25) is 0 Å². The number of hydrogen-bond acceptors (Lipinski definition) is 2. The first-order valence-corrected chi connectivity index (χ1v) is 4.69. The maximum absolute atomic E-state index is 6.96. The van der Waals surface area contributed by atoms with Crippen molar-refractivity contribution in [1.29, 1.82) is 5.41 Å². The minimum Gasteiger partial charge on any atom is -0.386 e. The van der Waals surface area contributed by atoms with Crippen molar-refractivity contribution >= 4 is 5.84 Å². The van der Waals surface area contributed by atoms with Crippen LogP contribution in [0.25, 0.3) is 0 Å². The third-order valence-electron chi connectivity index (χ3n) is 2.34. The molecule has 0 spiro atoms. The van der Waals surface area contributed by atoms with Crippen molar-refractivity contribution in [2.45, 2.75) is 32.1 Å². The van der Waals surface area contributed by atoms with Crippen molar-refractivity contribution in [1.82, 2.24) is 0 Å². The van der Waals surface area contributed by atoms with Crippen LogP contribution in [-0.2, 0) is 4.74 Å². The Morgan fingerprint density at radius 2 is 2.00 bits per heavy atom. The van der Waals surface area contributed by atoms with E-state index in [1.54, 1.807) is 0 Å². The van der Waals surface area contributed by atoms with Crippen LogP contribution in [0.15, 0.2) is 0 Å². The van der Waals surface area contributed by atoms with Crippen molar-refractivity contribution in [2.75, 3.05) is 13.2 Å². The Bertz CT molecular complexity index is 141. The molecule has 12 heavy (non-hydrogen) atoms. The van der Waals surface area contributed by atoms with Crippen LogP contribution in [-0.4, -0.2) is 19.0 Å². The van der Waals surface area contributed by atoms with Gasteiger partial charge in [0.05, 0.1) is 0 Å². The second-order valence-electron chi connectivity index (χ2n) is 3.54. The predicted molar refractivity (Wildman–Crippen MR) is 49.3 cm³/mol. The minimum atomic E-state index is 0.130. The Balaban J connectivity index is 2.01. The SMILES string of the molecule is N=C(N)COCC1CCCCC1. The lowest BCUT2D eigenvalue weighted by Crippen LogP contribution is -2.21. The average molecular weight is 170 g/mol. The van der Waals surface area contributed by atoms with Crippen LogP contribution in [0.4, 0.5) is 0 Å². The van der Waals surface area contributed by atoms with Crippen molar-refractivity contribution in [3.8, 4) is 0 Å². The molecule has 0 unspecified atom stereocenters. The van der Waals surface area contributed by atoms with E-state index in [9.17, 15) is 0 Å². The van der Waals surface area contributed by atoms with Crippen LogP contribution >= 0.6 is 0 Å². The first kappa shape index (κ1) is 9.52. The van der Waals surface area contributed by atoms with Crippen LogP contribution in [0.1, 0.15) is 32.1 Å². The molecule has 0 saturated heterocycles. The van der Waals surface area contributed by atoms with Crippen LogP contribution in [0.2, 0.25) is 0 Å². The van der Waals surface area contributed by atoms with Gasteiger partial charge in [-0.25, -0.2) is 0 Å². The summed E-state index contributed by atoms with van der Waals surface area (Å²) in [7, 11) is 0. The van der Waals surface area contributed by atoms with E-state index in [2.05, 4.69) is 0 Å². The van der Waals surface area contributed by atoms with Crippen LogP contribution in [0.5, 0.6) is 0 Å². The van der Waals surface area contributed by atoms with E-state index in [0.717, 1.165) is 12.5 Å². The molecule has 0 aliphatic heterocycles. The number of rotatable bonds is 4. The maximum atomic E-state index is 6.96. The molecule has 70 valence electrons. The number of hydrogen-bond donors (Lipinski definition) is 2. The van der Waals surface area contributed by atoms with Crippen molar-refractivity contribution in [3.05, 3.63) is 0 Å². The molecule has 0 bridgehead atoms. The minimum absolute atomic E-state index is 0.130.